The van der Waals surface area contributed by atoms with Crippen LogP contribution in [0.3, 0.4) is 0 Å². The number of fused-ring (bicyclic) bond motifs is 1. The number of rotatable bonds is 5. The van der Waals surface area contributed by atoms with Crippen LogP contribution in [0.5, 0.6) is 0 Å². The van der Waals surface area contributed by atoms with Gasteiger partial charge in [-0.2, -0.15) is 18.3 Å². The summed E-state index contributed by atoms with van der Waals surface area (Å²) in [4.78, 5) is 2.09. The van der Waals surface area contributed by atoms with Gasteiger partial charge in [0.25, 0.3) is 0 Å². The lowest BCUT2D eigenvalue weighted by atomic mass is 9.98. The monoisotopic (exact) mass is 352 g/mol. The van der Waals surface area contributed by atoms with Crippen LogP contribution in [0, 0.1) is 0 Å². The zero-order valence-corrected chi connectivity index (χ0v) is 14.5. The molecule has 0 bridgehead atoms. The molecule has 1 N–H and O–H groups in total. The number of nitrogens with zero attached hydrogens (tertiary/aromatic N) is 3. The van der Waals surface area contributed by atoms with E-state index in [9.17, 15) is 13.2 Å². The maximum absolute atomic E-state index is 13.4. The number of hydrogen-bond acceptors (Lipinski definition) is 3. The fraction of sp³-hybridized carbons (Fsp3) is 0.500. The van der Waals surface area contributed by atoms with Crippen molar-refractivity contribution in [3.63, 3.8) is 0 Å². The molecule has 136 valence electrons. The molecule has 0 radical (unpaired) electrons. The van der Waals surface area contributed by atoms with Gasteiger partial charge in [0.05, 0.1) is 11.3 Å². The molecule has 0 spiro atoms. The summed E-state index contributed by atoms with van der Waals surface area (Å²) in [6, 6.07) is 5.70. The Hall–Kier alpha value is -1.86. The average molecular weight is 352 g/mol. The van der Waals surface area contributed by atoms with Crippen molar-refractivity contribution in [1.82, 2.24) is 20.0 Å². The largest absolute Gasteiger partial charge is 0.417 e. The smallest absolute Gasteiger partial charge is 0.312 e. The van der Waals surface area contributed by atoms with Crippen LogP contribution >= 0.6 is 0 Å². The van der Waals surface area contributed by atoms with Gasteiger partial charge in [0.1, 0.15) is 0 Å². The molecule has 1 aromatic heterocycles. The van der Waals surface area contributed by atoms with Gasteiger partial charge in [0.2, 0.25) is 0 Å². The summed E-state index contributed by atoms with van der Waals surface area (Å²) in [5.41, 5.74) is 1.96. The molecule has 0 fully saturated rings. The predicted molar refractivity (Wildman–Crippen MR) is 91.2 cm³/mol. The lowest BCUT2D eigenvalue weighted by Crippen LogP contribution is -2.25. The van der Waals surface area contributed by atoms with E-state index < -0.39 is 11.7 Å². The molecule has 2 heterocycles. The number of nitrogens with one attached hydrogen (secondary N) is 1. The van der Waals surface area contributed by atoms with Crippen LogP contribution in [-0.4, -0.2) is 41.9 Å². The van der Waals surface area contributed by atoms with Crippen LogP contribution in [0.25, 0.3) is 11.3 Å². The topological polar surface area (TPSA) is 33.1 Å². The third-order valence-electron chi connectivity index (χ3n) is 4.47. The summed E-state index contributed by atoms with van der Waals surface area (Å²) < 4.78 is 42.1. The van der Waals surface area contributed by atoms with E-state index in [-0.39, 0.29) is 5.56 Å². The number of hydrogen-bond donors (Lipinski definition) is 1. The van der Waals surface area contributed by atoms with Crippen molar-refractivity contribution in [2.45, 2.75) is 32.1 Å². The second kappa shape index (κ2) is 7.17. The van der Waals surface area contributed by atoms with E-state index in [2.05, 4.69) is 15.3 Å². The minimum atomic E-state index is -4.39. The Morgan fingerprint density at radius 1 is 1.24 bits per heavy atom. The van der Waals surface area contributed by atoms with E-state index >= 15 is 0 Å². The second-order valence-electron chi connectivity index (χ2n) is 6.62. The van der Waals surface area contributed by atoms with Gasteiger partial charge in [0.15, 0.2) is 0 Å². The van der Waals surface area contributed by atoms with Crippen molar-refractivity contribution in [2.75, 3.05) is 27.2 Å². The van der Waals surface area contributed by atoms with Crippen molar-refractivity contribution in [3.05, 3.63) is 41.1 Å². The Balaban J connectivity index is 2.01. The van der Waals surface area contributed by atoms with E-state index in [1.54, 1.807) is 6.07 Å². The molecule has 1 aromatic carbocycles. The predicted octanol–water partition coefficient (Wildman–Crippen LogP) is 3.17. The summed E-state index contributed by atoms with van der Waals surface area (Å²) in [6.07, 6.45) is -2.69. The van der Waals surface area contributed by atoms with Gasteiger partial charge in [-0.05, 0) is 33.1 Å². The molecule has 0 saturated heterocycles. The number of benzene rings is 1. The number of aryl methyl sites for hydroxylation is 1. The van der Waals surface area contributed by atoms with Crippen LogP contribution in [0.15, 0.2) is 24.3 Å². The molecular formula is C18H23F3N4. The van der Waals surface area contributed by atoms with Crippen LogP contribution in [-0.2, 0) is 25.7 Å². The van der Waals surface area contributed by atoms with Crippen molar-refractivity contribution in [2.24, 2.45) is 0 Å². The fourth-order valence-corrected chi connectivity index (χ4v) is 3.29. The van der Waals surface area contributed by atoms with Crippen LogP contribution in [0.4, 0.5) is 13.2 Å². The summed E-state index contributed by atoms with van der Waals surface area (Å²) in [7, 11) is 4.01. The van der Waals surface area contributed by atoms with Crippen molar-refractivity contribution >= 4 is 0 Å². The quantitative estimate of drug-likeness (QED) is 0.897. The normalized spacial score (nSPS) is 14.8. The highest BCUT2D eigenvalue weighted by Gasteiger charge is 2.35. The minimum Gasteiger partial charge on any atom is -0.312 e. The Morgan fingerprint density at radius 2 is 2.00 bits per heavy atom. The van der Waals surface area contributed by atoms with Gasteiger partial charge in [-0.3, -0.25) is 4.68 Å². The van der Waals surface area contributed by atoms with E-state index in [0.29, 0.717) is 18.8 Å². The standard InChI is InChI=1S/C18H23F3N4/c1-24(2)10-5-11-25-16-8-9-22-12-14(16)17(23-25)13-6-3-4-7-15(13)18(19,20)21/h3-4,6-7,22H,5,8-12H2,1-2H3. The highest BCUT2D eigenvalue weighted by molar-refractivity contribution is 5.69. The second-order valence-corrected chi connectivity index (χ2v) is 6.62. The average Bonchev–Trinajstić information content (AvgIpc) is 2.93. The highest BCUT2D eigenvalue weighted by Crippen LogP contribution is 2.38. The maximum Gasteiger partial charge on any atom is 0.417 e. The maximum atomic E-state index is 13.4. The molecule has 1 aliphatic heterocycles. The molecule has 0 atom stereocenters. The van der Waals surface area contributed by atoms with Crippen molar-refractivity contribution < 1.29 is 13.2 Å². The molecule has 3 rings (SSSR count). The Labute approximate surface area is 145 Å². The van der Waals surface area contributed by atoms with Crippen molar-refractivity contribution in [3.8, 4) is 11.3 Å². The molecule has 2 aromatic rings. The van der Waals surface area contributed by atoms with Gasteiger partial charge in [-0.1, -0.05) is 18.2 Å². The summed E-state index contributed by atoms with van der Waals surface area (Å²) >= 11 is 0. The molecular weight excluding hydrogens is 329 g/mol. The van der Waals surface area contributed by atoms with Gasteiger partial charge in [-0.25, -0.2) is 0 Å². The van der Waals surface area contributed by atoms with Crippen LogP contribution in [0.2, 0.25) is 0 Å². The Morgan fingerprint density at radius 3 is 2.72 bits per heavy atom. The fourth-order valence-electron chi connectivity index (χ4n) is 3.29. The van der Waals surface area contributed by atoms with E-state index in [4.69, 9.17) is 0 Å². The molecule has 7 heteroatoms. The zero-order valence-electron chi connectivity index (χ0n) is 14.5. The number of halogens is 3. The first-order valence-corrected chi connectivity index (χ1v) is 8.48. The SMILES string of the molecule is CN(C)CCCn1nc(-c2ccccc2C(F)(F)F)c2c1CCNC2. The third kappa shape index (κ3) is 3.88. The first-order valence-electron chi connectivity index (χ1n) is 8.48. The summed E-state index contributed by atoms with van der Waals surface area (Å²) in [5, 5.41) is 7.85. The van der Waals surface area contributed by atoms with E-state index in [1.807, 2.05) is 18.8 Å². The lowest BCUT2D eigenvalue weighted by molar-refractivity contribution is -0.137. The lowest BCUT2D eigenvalue weighted by Gasteiger charge is -2.17. The molecule has 4 nitrogen and oxygen atoms in total. The van der Waals surface area contributed by atoms with Crippen LogP contribution < -0.4 is 5.32 Å². The summed E-state index contributed by atoms with van der Waals surface area (Å²) in [6.45, 7) is 3.02. The first-order chi connectivity index (χ1) is 11.9. The molecule has 0 aliphatic carbocycles. The van der Waals surface area contributed by atoms with Crippen molar-refractivity contribution in [1.29, 1.82) is 0 Å². The van der Waals surface area contributed by atoms with Gasteiger partial charge >= 0.3 is 6.18 Å². The Kier molecular flexibility index (Phi) is 5.15. The first kappa shape index (κ1) is 17.9. The third-order valence-corrected chi connectivity index (χ3v) is 4.47. The van der Waals surface area contributed by atoms with Gasteiger partial charge in [0, 0.05) is 42.9 Å². The molecule has 0 amide bonds. The number of aromatic nitrogens is 2. The molecule has 25 heavy (non-hydrogen) atoms. The Bertz CT molecular complexity index is 734. The molecule has 0 saturated carbocycles. The number of alkyl halides is 3. The zero-order chi connectivity index (χ0) is 18.0. The van der Waals surface area contributed by atoms with E-state index in [0.717, 1.165) is 43.3 Å². The molecule has 0 unspecified atom stereocenters. The summed E-state index contributed by atoms with van der Waals surface area (Å²) in [5.74, 6) is 0. The highest BCUT2D eigenvalue weighted by atomic mass is 19.4. The van der Waals surface area contributed by atoms with Gasteiger partial charge < -0.3 is 10.2 Å². The minimum absolute atomic E-state index is 0.168. The van der Waals surface area contributed by atoms with E-state index in [1.165, 1.54) is 12.1 Å². The van der Waals surface area contributed by atoms with Crippen LogP contribution in [0.1, 0.15) is 23.2 Å². The molecule has 1 aliphatic rings. The van der Waals surface area contributed by atoms with Gasteiger partial charge in [-0.15, -0.1) is 0 Å².